The van der Waals surface area contributed by atoms with E-state index in [1.54, 1.807) is 0 Å². The summed E-state index contributed by atoms with van der Waals surface area (Å²) in [6.45, 7) is 0.303. The van der Waals surface area contributed by atoms with E-state index in [-0.39, 0.29) is 24.5 Å². The van der Waals surface area contributed by atoms with Gasteiger partial charge in [0.25, 0.3) is 0 Å². The Kier molecular flexibility index (Phi) is 2.94. The van der Waals surface area contributed by atoms with E-state index >= 15 is 0 Å². The molecule has 0 radical (unpaired) electrons. The lowest BCUT2D eigenvalue weighted by molar-refractivity contribution is 0.0822. The Labute approximate surface area is 91.4 Å². The second-order valence-corrected chi connectivity index (χ2v) is 3.65. The van der Waals surface area contributed by atoms with Crippen molar-refractivity contribution in [3.05, 3.63) is 34.5 Å². The molecule has 0 saturated carbocycles. The van der Waals surface area contributed by atoms with Crippen molar-refractivity contribution in [1.29, 1.82) is 0 Å². The molecule has 5 heteroatoms. The summed E-state index contributed by atoms with van der Waals surface area (Å²) in [6.07, 6.45) is 0.346. The Morgan fingerprint density at radius 2 is 2.31 bits per heavy atom. The van der Waals surface area contributed by atoms with Gasteiger partial charge in [0.2, 0.25) is 0 Å². The maximum absolute atomic E-state index is 13.0. The summed E-state index contributed by atoms with van der Waals surface area (Å²) >= 11 is 0. The Balaban J connectivity index is 2.23. The van der Waals surface area contributed by atoms with Crippen LogP contribution >= 0.6 is 0 Å². The molecule has 1 aliphatic heterocycles. The average molecular weight is 223 g/mol. The lowest BCUT2D eigenvalue weighted by Crippen LogP contribution is -2.28. The van der Waals surface area contributed by atoms with Gasteiger partial charge in [-0.1, -0.05) is 5.18 Å². The zero-order valence-electron chi connectivity index (χ0n) is 8.48. The number of nitrogens with zero attached hydrogens (tertiary/aromatic N) is 1. The van der Waals surface area contributed by atoms with Gasteiger partial charge in [0, 0.05) is 0 Å². The fraction of sp³-hybridized carbons (Fsp3) is 0.364. The van der Waals surface area contributed by atoms with Crippen LogP contribution in [-0.2, 0) is 0 Å². The fourth-order valence-electron chi connectivity index (χ4n) is 1.73. The van der Waals surface area contributed by atoms with Crippen LogP contribution in [0, 0.1) is 16.6 Å². The van der Waals surface area contributed by atoms with Crippen LogP contribution in [0.25, 0.3) is 0 Å². The van der Waals surface area contributed by atoms with Gasteiger partial charge in [-0.3, -0.25) is 4.79 Å². The highest BCUT2D eigenvalue weighted by Crippen LogP contribution is 2.29. The summed E-state index contributed by atoms with van der Waals surface area (Å²) in [4.78, 5) is 21.9. The van der Waals surface area contributed by atoms with Crippen molar-refractivity contribution < 1.29 is 13.9 Å². The van der Waals surface area contributed by atoms with Crippen LogP contribution in [0.5, 0.6) is 5.75 Å². The van der Waals surface area contributed by atoms with E-state index in [1.807, 2.05) is 0 Å². The smallest absolute Gasteiger partial charge is 0.173 e. The zero-order chi connectivity index (χ0) is 11.5. The first kappa shape index (κ1) is 10.7. The van der Waals surface area contributed by atoms with E-state index in [0.29, 0.717) is 12.2 Å². The number of ketones is 1. The van der Waals surface area contributed by atoms with Gasteiger partial charge in [0.15, 0.2) is 5.78 Å². The third kappa shape index (κ3) is 1.93. The van der Waals surface area contributed by atoms with Crippen molar-refractivity contribution in [3.8, 4) is 5.75 Å². The number of hydrogen-bond acceptors (Lipinski definition) is 4. The number of carbonyl (C=O) groups excluding carboxylic acids is 1. The molecule has 0 aliphatic carbocycles. The lowest BCUT2D eigenvalue weighted by atomic mass is 9.92. The van der Waals surface area contributed by atoms with Gasteiger partial charge in [0.05, 0.1) is 24.6 Å². The number of rotatable bonds is 3. The Morgan fingerprint density at radius 1 is 1.50 bits per heavy atom. The van der Waals surface area contributed by atoms with Gasteiger partial charge in [-0.25, -0.2) is 4.39 Å². The summed E-state index contributed by atoms with van der Waals surface area (Å²) in [6, 6.07) is 3.86. The van der Waals surface area contributed by atoms with E-state index in [2.05, 4.69) is 5.18 Å². The number of fused-ring (bicyclic) bond motifs is 1. The Hall–Kier alpha value is -1.78. The van der Waals surface area contributed by atoms with Gasteiger partial charge in [0.1, 0.15) is 11.6 Å². The first-order valence-corrected chi connectivity index (χ1v) is 4.98. The molecule has 1 aromatic rings. The van der Waals surface area contributed by atoms with Crippen molar-refractivity contribution in [2.75, 3.05) is 13.2 Å². The predicted octanol–water partition coefficient (Wildman–Crippen LogP) is 2.17. The van der Waals surface area contributed by atoms with Crippen LogP contribution in [0.1, 0.15) is 16.8 Å². The first-order valence-electron chi connectivity index (χ1n) is 4.98. The van der Waals surface area contributed by atoms with Crippen LogP contribution in [0.15, 0.2) is 23.4 Å². The van der Waals surface area contributed by atoms with Crippen molar-refractivity contribution in [2.24, 2.45) is 11.1 Å². The topological polar surface area (TPSA) is 55.7 Å². The third-order valence-electron chi connectivity index (χ3n) is 2.59. The number of Topliss-reactive ketones (excluding diaryl/α,β-unsaturated/α-hetero) is 1. The Morgan fingerprint density at radius 3 is 3.06 bits per heavy atom. The highest BCUT2D eigenvalue weighted by Gasteiger charge is 2.28. The summed E-state index contributed by atoms with van der Waals surface area (Å²) in [7, 11) is 0. The van der Waals surface area contributed by atoms with Gasteiger partial charge >= 0.3 is 0 Å². The SMILES string of the molecule is O=NCCC1COc2ccc(F)cc2C1=O. The summed E-state index contributed by atoms with van der Waals surface area (Å²) in [5.74, 6) is -0.636. The molecule has 1 aromatic carbocycles. The molecule has 0 spiro atoms. The van der Waals surface area contributed by atoms with Crippen LogP contribution in [0.3, 0.4) is 0 Å². The van der Waals surface area contributed by atoms with E-state index in [1.165, 1.54) is 12.1 Å². The van der Waals surface area contributed by atoms with E-state index < -0.39 is 11.7 Å². The molecule has 16 heavy (non-hydrogen) atoms. The Bertz CT molecular complexity index is 433. The number of nitroso groups, excluding NO2 is 1. The molecule has 2 rings (SSSR count). The molecule has 1 atom stereocenters. The quantitative estimate of drug-likeness (QED) is 0.738. The van der Waals surface area contributed by atoms with Gasteiger partial charge < -0.3 is 4.74 Å². The van der Waals surface area contributed by atoms with Gasteiger partial charge in [-0.2, -0.15) is 4.91 Å². The molecule has 1 aliphatic rings. The van der Waals surface area contributed by atoms with Crippen molar-refractivity contribution in [2.45, 2.75) is 6.42 Å². The van der Waals surface area contributed by atoms with E-state index in [0.717, 1.165) is 6.07 Å². The van der Waals surface area contributed by atoms with Crippen LogP contribution in [-0.4, -0.2) is 18.9 Å². The summed E-state index contributed by atoms with van der Waals surface area (Å²) in [5, 5.41) is 2.71. The second-order valence-electron chi connectivity index (χ2n) is 3.65. The van der Waals surface area contributed by atoms with E-state index in [4.69, 9.17) is 4.74 Å². The monoisotopic (exact) mass is 223 g/mol. The zero-order valence-corrected chi connectivity index (χ0v) is 8.48. The van der Waals surface area contributed by atoms with Crippen molar-refractivity contribution in [3.63, 3.8) is 0 Å². The van der Waals surface area contributed by atoms with Gasteiger partial charge in [-0.05, 0) is 24.6 Å². The minimum Gasteiger partial charge on any atom is -0.492 e. The molecule has 4 nitrogen and oxygen atoms in total. The molecular formula is C11H10FNO3. The normalized spacial score (nSPS) is 18.8. The second kappa shape index (κ2) is 4.38. The fourth-order valence-corrected chi connectivity index (χ4v) is 1.73. The van der Waals surface area contributed by atoms with Crippen LogP contribution in [0.4, 0.5) is 4.39 Å². The highest BCUT2D eigenvalue weighted by atomic mass is 19.1. The molecule has 0 N–H and O–H groups in total. The molecule has 1 heterocycles. The molecule has 0 bridgehead atoms. The third-order valence-corrected chi connectivity index (χ3v) is 2.59. The molecule has 0 amide bonds. The average Bonchev–Trinajstić information content (AvgIpc) is 2.29. The summed E-state index contributed by atoms with van der Waals surface area (Å²) < 4.78 is 18.3. The molecule has 1 unspecified atom stereocenters. The van der Waals surface area contributed by atoms with Crippen molar-refractivity contribution in [1.82, 2.24) is 0 Å². The number of hydrogen-bond donors (Lipinski definition) is 0. The van der Waals surface area contributed by atoms with Crippen LogP contribution in [0.2, 0.25) is 0 Å². The lowest BCUT2D eigenvalue weighted by Gasteiger charge is -2.23. The number of carbonyl (C=O) groups is 1. The number of halogens is 1. The molecule has 0 saturated heterocycles. The summed E-state index contributed by atoms with van der Waals surface area (Å²) in [5.41, 5.74) is 0.252. The van der Waals surface area contributed by atoms with Gasteiger partial charge in [-0.15, -0.1) is 0 Å². The highest BCUT2D eigenvalue weighted by molar-refractivity contribution is 6.01. The maximum Gasteiger partial charge on any atom is 0.173 e. The minimum atomic E-state index is -0.468. The van der Waals surface area contributed by atoms with E-state index in [9.17, 15) is 14.1 Å². The van der Waals surface area contributed by atoms with Crippen molar-refractivity contribution >= 4 is 5.78 Å². The van der Waals surface area contributed by atoms with Crippen LogP contribution < -0.4 is 4.74 Å². The largest absolute Gasteiger partial charge is 0.492 e. The molecule has 84 valence electrons. The molecule has 0 fully saturated rings. The molecule has 0 aromatic heterocycles. The molecular weight excluding hydrogens is 213 g/mol. The number of ether oxygens (including phenoxy) is 1. The number of benzene rings is 1. The standard InChI is InChI=1S/C11H10FNO3/c12-8-1-2-10-9(5-8)11(14)7(6-16-10)3-4-13-15/h1-2,5,7H,3-4,6H2. The predicted molar refractivity (Wildman–Crippen MR) is 55.0 cm³/mol. The first-order chi connectivity index (χ1) is 7.72. The maximum atomic E-state index is 13.0. The minimum absolute atomic E-state index is 0.0738.